The van der Waals surface area contributed by atoms with Gasteiger partial charge in [0.05, 0.1) is 18.1 Å². The monoisotopic (exact) mass is 281 g/mol. The van der Waals surface area contributed by atoms with Crippen molar-refractivity contribution < 1.29 is 0 Å². The third kappa shape index (κ3) is 2.59. The van der Waals surface area contributed by atoms with Gasteiger partial charge < -0.3 is 0 Å². The molecule has 0 atom stereocenters. The molecule has 0 N–H and O–H groups in total. The normalized spacial score (nSPS) is 11.3. The smallest absolute Gasteiger partial charge is 0.0813 e. The molecular formula is C16H19N5. The Kier molecular flexibility index (Phi) is 3.33. The third-order valence-corrected chi connectivity index (χ3v) is 3.57. The van der Waals surface area contributed by atoms with Gasteiger partial charge in [0, 0.05) is 49.4 Å². The van der Waals surface area contributed by atoms with Gasteiger partial charge in [0.1, 0.15) is 0 Å². The zero-order valence-electron chi connectivity index (χ0n) is 12.8. The van der Waals surface area contributed by atoms with E-state index in [1.54, 1.807) is 4.68 Å². The largest absolute Gasteiger partial charge is 0.275 e. The SMILES string of the molecule is CC(C)c1cnc(-c2cnn(C)c2)c(-c2cnn(C)c2)c1. The highest BCUT2D eigenvalue weighted by atomic mass is 15.2. The highest BCUT2D eigenvalue weighted by molar-refractivity contribution is 5.80. The van der Waals surface area contributed by atoms with Gasteiger partial charge in [0.25, 0.3) is 0 Å². The number of aryl methyl sites for hydroxylation is 2. The van der Waals surface area contributed by atoms with Crippen molar-refractivity contribution in [2.45, 2.75) is 19.8 Å². The number of hydrogen-bond acceptors (Lipinski definition) is 3. The van der Waals surface area contributed by atoms with Gasteiger partial charge in [-0.05, 0) is 17.5 Å². The fourth-order valence-electron chi connectivity index (χ4n) is 2.35. The summed E-state index contributed by atoms with van der Waals surface area (Å²) in [5.74, 6) is 0.441. The first kappa shape index (κ1) is 13.5. The lowest BCUT2D eigenvalue weighted by Gasteiger charge is -2.10. The molecule has 5 heteroatoms. The summed E-state index contributed by atoms with van der Waals surface area (Å²) in [5.41, 5.74) is 5.36. The molecule has 3 heterocycles. The number of pyridine rings is 1. The van der Waals surface area contributed by atoms with Crippen LogP contribution in [0.25, 0.3) is 22.4 Å². The molecule has 0 bridgehead atoms. The fourth-order valence-corrected chi connectivity index (χ4v) is 2.35. The molecule has 0 spiro atoms. The van der Waals surface area contributed by atoms with Crippen LogP contribution < -0.4 is 0 Å². The molecule has 0 aromatic carbocycles. The van der Waals surface area contributed by atoms with Crippen molar-refractivity contribution in [2.24, 2.45) is 14.1 Å². The van der Waals surface area contributed by atoms with E-state index in [2.05, 4.69) is 35.1 Å². The van der Waals surface area contributed by atoms with Crippen LogP contribution in [0.15, 0.2) is 37.1 Å². The summed E-state index contributed by atoms with van der Waals surface area (Å²) in [7, 11) is 3.84. The van der Waals surface area contributed by atoms with Gasteiger partial charge in [-0.25, -0.2) is 0 Å². The Morgan fingerprint density at radius 3 is 2.05 bits per heavy atom. The highest BCUT2D eigenvalue weighted by Gasteiger charge is 2.14. The lowest BCUT2D eigenvalue weighted by Crippen LogP contribution is -1.94. The number of aromatic nitrogens is 5. The number of hydrogen-bond donors (Lipinski definition) is 0. The summed E-state index contributed by atoms with van der Waals surface area (Å²) in [4.78, 5) is 4.68. The van der Waals surface area contributed by atoms with E-state index in [9.17, 15) is 0 Å². The van der Waals surface area contributed by atoms with Crippen LogP contribution in [-0.4, -0.2) is 24.5 Å². The Bertz CT molecular complexity index is 767. The lowest BCUT2D eigenvalue weighted by molar-refractivity contribution is 0.767. The van der Waals surface area contributed by atoms with Crippen molar-refractivity contribution in [3.05, 3.63) is 42.6 Å². The standard InChI is InChI=1S/C16H19N5/c1-11(2)12-5-15(13-7-18-20(3)9-13)16(17-6-12)14-8-19-21(4)10-14/h5-11H,1-4H3. The zero-order valence-corrected chi connectivity index (χ0v) is 12.8. The lowest BCUT2D eigenvalue weighted by atomic mass is 9.97. The fraction of sp³-hybridized carbons (Fsp3) is 0.312. The zero-order chi connectivity index (χ0) is 15.0. The van der Waals surface area contributed by atoms with Crippen molar-refractivity contribution in [2.75, 3.05) is 0 Å². The van der Waals surface area contributed by atoms with E-state index in [1.807, 2.05) is 49.8 Å². The minimum Gasteiger partial charge on any atom is -0.275 e. The van der Waals surface area contributed by atoms with Crippen molar-refractivity contribution in [1.82, 2.24) is 24.5 Å². The van der Waals surface area contributed by atoms with Crippen molar-refractivity contribution in [3.63, 3.8) is 0 Å². The summed E-state index contributed by atoms with van der Waals surface area (Å²) in [5, 5.41) is 8.52. The van der Waals surface area contributed by atoms with Crippen molar-refractivity contribution >= 4 is 0 Å². The Hall–Kier alpha value is -2.43. The quantitative estimate of drug-likeness (QED) is 0.741. The van der Waals surface area contributed by atoms with Gasteiger partial charge in [-0.15, -0.1) is 0 Å². The Balaban J connectivity index is 2.19. The molecule has 0 unspecified atom stereocenters. The Morgan fingerprint density at radius 2 is 1.52 bits per heavy atom. The van der Waals surface area contributed by atoms with Gasteiger partial charge in [0.15, 0.2) is 0 Å². The summed E-state index contributed by atoms with van der Waals surface area (Å²) in [6.45, 7) is 4.35. The first-order valence-electron chi connectivity index (χ1n) is 7.02. The van der Waals surface area contributed by atoms with Gasteiger partial charge in [0.2, 0.25) is 0 Å². The molecule has 0 saturated heterocycles. The molecule has 0 aliphatic heterocycles. The molecule has 21 heavy (non-hydrogen) atoms. The van der Waals surface area contributed by atoms with Crippen LogP contribution in [0.1, 0.15) is 25.3 Å². The minimum absolute atomic E-state index is 0.441. The second kappa shape index (κ2) is 5.16. The summed E-state index contributed by atoms with van der Waals surface area (Å²) >= 11 is 0. The molecule has 3 aromatic heterocycles. The molecule has 0 aliphatic rings. The summed E-state index contributed by atoms with van der Waals surface area (Å²) in [6.07, 6.45) is 9.67. The molecule has 0 radical (unpaired) electrons. The molecule has 3 aromatic rings. The van der Waals surface area contributed by atoms with E-state index in [4.69, 9.17) is 0 Å². The van der Waals surface area contributed by atoms with Crippen LogP contribution in [0.2, 0.25) is 0 Å². The predicted molar refractivity (Wildman–Crippen MR) is 82.7 cm³/mol. The maximum Gasteiger partial charge on any atom is 0.0813 e. The molecule has 108 valence electrons. The summed E-state index contributed by atoms with van der Waals surface area (Å²) in [6, 6.07) is 2.21. The van der Waals surface area contributed by atoms with E-state index < -0.39 is 0 Å². The summed E-state index contributed by atoms with van der Waals surface area (Å²) < 4.78 is 3.60. The van der Waals surface area contributed by atoms with Crippen LogP contribution in [0, 0.1) is 0 Å². The van der Waals surface area contributed by atoms with Gasteiger partial charge in [-0.1, -0.05) is 13.8 Å². The molecular weight excluding hydrogens is 262 g/mol. The van der Waals surface area contributed by atoms with E-state index in [0.29, 0.717) is 5.92 Å². The molecule has 0 saturated carbocycles. The number of rotatable bonds is 3. The average molecular weight is 281 g/mol. The molecule has 0 amide bonds. The highest BCUT2D eigenvalue weighted by Crippen LogP contribution is 2.32. The van der Waals surface area contributed by atoms with Gasteiger partial charge in [-0.2, -0.15) is 10.2 Å². The molecule has 3 rings (SSSR count). The second-order valence-electron chi connectivity index (χ2n) is 5.62. The molecule has 0 aliphatic carbocycles. The Labute approximate surface area is 124 Å². The van der Waals surface area contributed by atoms with E-state index in [0.717, 1.165) is 22.4 Å². The van der Waals surface area contributed by atoms with Crippen molar-refractivity contribution in [3.8, 4) is 22.4 Å². The maximum absolute atomic E-state index is 4.68. The molecule has 0 fully saturated rings. The maximum atomic E-state index is 4.68. The first-order valence-corrected chi connectivity index (χ1v) is 7.02. The minimum atomic E-state index is 0.441. The predicted octanol–water partition coefficient (Wildman–Crippen LogP) is 3.01. The van der Waals surface area contributed by atoms with Crippen LogP contribution in [0.3, 0.4) is 0 Å². The number of nitrogens with zero attached hydrogens (tertiary/aromatic N) is 5. The van der Waals surface area contributed by atoms with Crippen LogP contribution in [0.4, 0.5) is 0 Å². The first-order chi connectivity index (χ1) is 10.0. The van der Waals surface area contributed by atoms with E-state index in [1.165, 1.54) is 5.56 Å². The third-order valence-electron chi connectivity index (χ3n) is 3.57. The Morgan fingerprint density at radius 1 is 0.905 bits per heavy atom. The van der Waals surface area contributed by atoms with Crippen LogP contribution in [-0.2, 0) is 14.1 Å². The average Bonchev–Trinajstić information content (AvgIpc) is 3.07. The van der Waals surface area contributed by atoms with E-state index in [-0.39, 0.29) is 0 Å². The van der Waals surface area contributed by atoms with Crippen LogP contribution in [0.5, 0.6) is 0 Å². The van der Waals surface area contributed by atoms with Gasteiger partial charge in [-0.3, -0.25) is 14.3 Å². The van der Waals surface area contributed by atoms with Crippen LogP contribution >= 0.6 is 0 Å². The van der Waals surface area contributed by atoms with Crippen molar-refractivity contribution in [1.29, 1.82) is 0 Å². The van der Waals surface area contributed by atoms with E-state index >= 15 is 0 Å². The topological polar surface area (TPSA) is 48.5 Å². The van der Waals surface area contributed by atoms with Gasteiger partial charge >= 0.3 is 0 Å². The second-order valence-corrected chi connectivity index (χ2v) is 5.62. The molecule has 5 nitrogen and oxygen atoms in total.